The Morgan fingerprint density at radius 2 is 2.13 bits per heavy atom. The Kier molecular flexibility index (Phi) is 7.10. The Balaban J connectivity index is 1.69. The van der Waals surface area contributed by atoms with Crippen molar-refractivity contribution in [3.8, 4) is 0 Å². The van der Waals surface area contributed by atoms with Gasteiger partial charge in [-0.2, -0.15) is 0 Å². The monoisotopic (exact) mass is 316 g/mol. The molecule has 1 heterocycles. The first-order chi connectivity index (χ1) is 11.1. The second-order valence-corrected chi connectivity index (χ2v) is 6.90. The molecule has 1 amide bonds. The van der Waals surface area contributed by atoms with Gasteiger partial charge in [-0.05, 0) is 57.2 Å². The molecule has 0 bridgehead atoms. The summed E-state index contributed by atoms with van der Waals surface area (Å²) >= 11 is 0. The largest absolute Gasteiger partial charge is 0.356 e. The van der Waals surface area contributed by atoms with Gasteiger partial charge in [-0.3, -0.25) is 4.79 Å². The van der Waals surface area contributed by atoms with Crippen LogP contribution in [-0.2, 0) is 11.2 Å². The van der Waals surface area contributed by atoms with E-state index in [4.69, 9.17) is 0 Å². The van der Waals surface area contributed by atoms with E-state index in [1.54, 1.807) is 0 Å². The van der Waals surface area contributed by atoms with E-state index in [0.717, 1.165) is 31.1 Å². The standard InChI is InChI=1S/C20H32N2O/c1-4-19-8-5-6-12-22(19)13-7-11-21-20(23)15-18-14-16(2)9-10-17(18)3/h9-10,14,19H,4-8,11-13,15H2,1-3H3,(H,21,23). The highest BCUT2D eigenvalue weighted by Gasteiger charge is 2.19. The number of likely N-dealkylation sites (tertiary alicyclic amines) is 1. The number of carbonyl (C=O) groups is 1. The molecule has 1 atom stereocenters. The first-order valence-corrected chi connectivity index (χ1v) is 9.17. The second kappa shape index (κ2) is 9.07. The normalized spacial score (nSPS) is 18.8. The topological polar surface area (TPSA) is 32.3 Å². The van der Waals surface area contributed by atoms with Gasteiger partial charge in [-0.1, -0.05) is 37.1 Å². The lowest BCUT2D eigenvalue weighted by Gasteiger charge is -2.35. The van der Waals surface area contributed by atoms with Crippen molar-refractivity contribution >= 4 is 5.91 Å². The Morgan fingerprint density at radius 1 is 1.30 bits per heavy atom. The van der Waals surface area contributed by atoms with Crippen LogP contribution in [0.2, 0.25) is 0 Å². The highest BCUT2D eigenvalue weighted by atomic mass is 16.1. The van der Waals surface area contributed by atoms with Crippen molar-refractivity contribution in [1.82, 2.24) is 10.2 Å². The number of nitrogens with zero attached hydrogens (tertiary/aromatic N) is 1. The summed E-state index contributed by atoms with van der Waals surface area (Å²) in [4.78, 5) is 14.7. The van der Waals surface area contributed by atoms with Gasteiger partial charge < -0.3 is 10.2 Å². The number of nitrogens with one attached hydrogen (secondary N) is 1. The third kappa shape index (κ3) is 5.65. The number of carbonyl (C=O) groups excluding carboxylic acids is 1. The van der Waals surface area contributed by atoms with E-state index in [9.17, 15) is 4.79 Å². The van der Waals surface area contributed by atoms with Gasteiger partial charge in [0.05, 0.1) is 6.42 Å². The van der Waals surface area contributed by atoms with Gasteiger partial charge in [0.2, 0.25) is 5.91 Å². The van der Waals surface area contributed by atoms with E-state index in [-0.39, 0.29) is 5.91 Å². The molecule has 1 N–H and O–H groups in total. The molecular weight excluding hydrogens is 284 g/mol. The number of aryl methyl sites for hydroxylation is 2. The van der Waals surface area contributed by atoms with Gasteiger partial charge in [-0.15, -0.1) is 0 Å². The highest BCUT2D eigenvalue weighted by Crippen LogP contribution is 2.19. The van der Waals surface area contributed by atoms with Crippen LogP contribution in [0.25, 0.3) is 0 Å². The summed E-state index contributed by atoms with van der Waals surface area (Å²) in [5.74, 6) is 0.143. The summed E-state index contributed by atoms with van der Waals surface area (Å²) < 4.78 is 0. The number of piperidine rings is 1. The fraction of sp³-hybridized carbons (Fsp3) is 0.650. The van der Waals surface area contributed by atoms with Crippen molar-refractivity contribution in [3.63, 3.8) is 0 Å². The van der Waals surface area contributed by atoms with Gasteiger partial charge in [0.25, 0.3) is 0 Å². The Labute approximate surface area is 141 Å². The molecule has 1 saturated heterocycles. The fourth-order valence-electron chi connectivity index (χ4n) is 3.55. The predicted octanol–water partition coefficient (Wildman–Crippen LogP) is 3.62. The summed E-state index contributed by atoms with van der Waals surface area (Å²) in [7, 11) is 0. The molecule has 1 fully saturated rings. The molecule has 1 unspecified atom stereocenters. The third-order valence-corrected chi connectivity index (χ3v) is 5.02. The summed E-state index contributed by atoms with van der Waals surface area (Å²) in [6, 6.07) is 7.07. The number of benzene rings is 1. The van der Waals surface area contributed by atoms with Crippen molar-refractivity contribution in [2.75, 3.05) is 19.6 Å². The zero-order valence-corrected chi connectivity index (χ0v) is 15.0. The smallest absolute Gasteiger partial charge is 0.224 e. The lowest BCUT2D eigenvalue weighted by molar-refractivity contribution is -0.120. The van der Waals surface area contributed by atoms with Crippen molar-refractivity contribution in [1.29, 1.82) is 0 Å². The van der Waals surface area contributed by atoms with Crippen LogP contribution < -0.4 is 5.32 Å². The fourth-order valence-corrected chi connectivity index (χ4v) is 3.55. The van der Waals surface area contributed by atoms with Crippen molar-refractivity contribution in [2.45, 2.75) is 65.3 Å². The van der Waals surface area contributed by atoms with Crippen LogP contribution in [0, 0.1) is 13.8 Å². The maximum atomic E-state index is 12.1. The molecule has 3 nitrogen and oxygen atoms in total. The maximum absolute atomic E-state index is 12.1. The molecule has 2 rings (SSSR count). The van der Waals surface area contributed by atoms with Gasteiger partial charge in [0, 0.05) is 19.1 Å². The summed E-state index contributed by atoms with van der Waals surface area (Å²) in [5.41, 5.74) is 3.56. The van der Waals surface area contributed by atoms with Gasteiger partial charge >= 0.3 is 0 Å². The number of hydrogen-bond acceptors (Lipinski definition) is 2. The van der Waals surface area contributed by atoms with Gasteiger partial charge in [0.15, 0.2) is 0 Å². The van der Waals surface area contributed by atoms with Gasteiger partial charge in [-0.25, -0.2) is 0 Å². The summed E-state index contributed by atoms with van der Waals surface area (Å²) in [6.45, 7) is 9.57. The first kappa shape index (κ1) is 18.0. The van der Waals surface area contributed by atoms with Crippen LogP contribution in [0.3, 0.4) is 0 Å². The Bertz CT molecular complexity index is 512. The zero-order valence-electron chi connectivity index (χ0n) is 15.0. The molecule has 23 heavy (non-hydrogen) atoms. The van der Waals surface area contributed by atoms with E-state index in [1.807, 2.05) is 0 Å². The van der Waals surface area contributed by atoms with E-state index in [2.05, 4.69) is 49.2 Å². The van der Waals surface area contributed by atoms with E-state index < -0.39 is 0 Å². The molecule has 0 aliphatic carbocycles. The average Bonchev–Trinajstić information content (AvgIpc) is 2.55. The molecule has 1 aliphatic heterocycles. The van der Waals surface area contributed by atoms with Crippen LogP contribution in [0.5, 0.6) is 0 Å². The van der Waals surface area contributed by atoms with Crippen LogP contribution in [0.4, 0.5) is 0 Å². The molecule has 1 aromatic carbocycles. The first-order valence-electron chi connectivity index (χ1n) is 9.17. The van der Waals surface area contributed by atoms with Crippen molar-refractivity contribution in [2.24, 2.45) is 0 Å². The van der Waals surface area contributed by atoms with E-state index in [0.29, 0.717) is 6.42 Å². The Morgan fingerprint density at radius 3 is 2.91 bits per heavy atom. The molecule has 1 aliphatic rings. The Hall–Kier alpha value is -1.35. The van der Waals surface area contributed by atoms with Crippen molar-refractivity contribution < 1.29 is 4.79 Å². The number of rotatable bonds is 7. The lowest BCUT2D eigenvalue weighted by Crippen LogP contribution is -2.40. The molecular formula is C20H32N2O. The highest BCUT2D eigenvalue weighted by molar-refractivity contribution is 5.78. The van der Waals surface area contributed by atoms with Crippen LogP contribution in [-0.4, -0.2) is 36.5 Å². The minimum atomic E-state index is 0.143. The second-order valence-electron chi connectivity index (χ2n) is 6.90. The minimum Gasteiger partial charge on any atom is -0.356 e. The van der Waals surface area contributed by atoms with Crippen molar-refractivity contribution in [3.05, 3.63) is 34.9 Å². The predicted molar refractivity (Wildman–Crippen MR) is 96.7 cm³/mol. The summed E-state index contributed by atoms with van der Waals surface area (Å²) in [6.07, 6.45) is 6.84. The number of hydrogen-bond donors (Lipinski definition) is 1. The van der Waals surface area contributed by atoms with E-state index >= 15 is 0 Å². The molecule has 0 saturated carbocycles. The minimum absolute atomic E-state index is 0.143. The quantitative estimate of drug-likeness (QED) is 0.779. The maximum Gasteiger partial charge on any atom is 0.224 e. The van der Waals surface area contributed by atoms with Crippen LogP contribution in [0.1, 0.15) is 55.7 Å². The molecule has 128 valence electrons. The SMILES string of the molecule is CCC1CCCCN1CCCNC(=O)Cc1cc(C)ccc1C. The van der Waals surface area contributed by atoms with Crippen LogP contribution in [0.15, 0.2) is 18.2 Å². The molecule has 0 spiro atoms. The number of amides is 1. The van der Waals surface area contributed by atoms with E-state index in [1.165, 1.54) is 43.4 Å². The molecule has 0 aromatic heterocycles. The van der Waals surface area contributed by atoms with Gasteiger partial charge in [0.1, 0.15) is 0 Å². The van der Waals surface area contributed by atoms with Crippen LogP contribution >= 0.6 is 0 Å². The molecule has 3 heteroatoms. The average molecular weight is 316 g/mol. The third-order valence-electron chi connectivity index (χ3n) is 5.02. The summed E-state index contributed by atoms with van der Waals surface area (Å²) in [5, 5.41) is 3.08. The zero-order chi connectivity index (χ0) is 16.7. The molecule has 0 radical (unpaired) electrons. The molecule has 1 aromatic rings. The lowest BCUT2D eigenvalue weighted by atomic mass is 10.00.